The lowest BCUT2D eigenvalue weighted by Gasteiger charge is -2.24. The van der Waals surface area contributed by atoms with Gasteiger partial charge in [-0.2, -0.15) is 13.2 Å². The van der Waals surface area contributed by atoms with Crippen LogP contribution in [0.4, 0.5) is 18.9 Å². The third-order valence-corrected chi connectivity index (χ3v) is 4.38. The van der Waals surface area contributed by atoms with Gasteiger partial charge in [0.05, 0.1) is 5.56 Å². The number of nitrogens with one attached hydrogen (secondary N) is 2. The minimum absolute atomic E-state index is 0.0201. The molecular formula is C14H16BrF3N2S. The first-order valence-corrected chi connectivity index (χ1v) is 8.00. The molecule has 0 heterocycles. The Balaban J connectivity index is 2.00. The average Bonchev–Trinajstić information content (AvgIpc) is 2.41. The van der Waals surface area contributed by atoms with Crippen molar-refractivity contribution in [1.29, 1.82) is 0 Å². The van der Waals surface area contributed by atoms with Gasteiger partial charge in [-0.15, -0.1) is 0 Å². The Kier molecular flexibility index (Phi) is 5.48. The highest BCUT2D eigenvalue weighted by atomic mass is 79.9. The van der Waals surface area contributed by atoms with Gasteiger partial charge >= 0.3 is 6.18 Å². The zero-order valence-electron chi connectivity index (χ0n) is 11.3. The number of thiocarbonyl (C=S) groups is 1. The average molecular weight is 381 g/mol. The molecule has 1 aromatic carbocycles. The van der Waals surface area contributed by atoms with Crippen molar-refractivity contribution in [3.63, 3.8) is 0 Å². The molecule has 1 aliphatic rings. The molecule has 1 saturated carbocycles. The zero-order valence-corrected chi connectivity index (χ0v) is 13.7. The SMILES string of the molecule is FC(F)(F)c1cc(NC(=S)NC2CCCCC2)ccc1Br. The first-order chi connectivity index (χ1) is 9.86. The Morgan fingerprint density at radius 3 is 2.48 bits per heavy atom. The minimum Gasteiger partial charge on any atom is -0.360 e. The summed E-state index contributed by atoms with van der Waals surface area (Å²) < 4.78 is 38.5. The highest BCUT2D eigenvalue weighted by Crippen LogP contribution is 2.36. The molecule has 0 aliphatic heterocycles. The molecule has 2 nitrogen and oxygen atoms in total. The molecular weight excluding hydrogens is 365 g/mol. The summed E-state index contributed by atoms with van der Waals surface area (Å²) in [5.74, 6) is 0. The molecule has 0 spiro atoms. The van der Waals surface area contributed by atoms with Gasteiger partial charge in [0.1, 0.15) is 0 Å². The molecule has 2 rings (SSSR count). The van der Waals surface area contributed by atoms with E-state index in [1.165, 1.54) is 12.5 Å². The van der Waals surface area contributed by atoms with E-state index in [4.69, 9.17) is 12.2 Å². The largest absolute Gasteiger partial charge is 0.417 e. The molecule has 116 valence electrons. The number of rotatable bonds is 2. The van der Waals surface area contributed by atoms with E-state index < -0.39 is 11.7 Å². The molecule has 21 heavy (non-hydrogen) atoms. The molecule has 0 aromatic heterocycles. The maximum Gasteiger partial charge on any atom is 0.417 e. The number of alkyl halides is 3. The van der Waals surface area contributed by atoms with Gasteiger partial charge < -0.3 is 10.6 Å². The smallest absolute Gasteiger partial charge is 0.360 e. The van der Waals surface area contributed by atoms with Gasteiger partial charge in [0.15, 0.2) is 5.11 Å². The second-order valence-corrected chi connectivity index (χ2v) is 6.39. The Hall–Kier alpha value is -0.820. The van der Waals surface area contributed by atoms with E-state index in [0.29, 0.717) is 16.8 Å². The van der Waals surface area contributed by atoms with Crippen LogP contribution in [-0.2, 0) is 6.18 Å². The van der Waals surface area contributed by atoms with Crippen LogP contribution in [0.3, 0.4) is 0 Å². The summed E-state index contributed by atoms with van der Waals surface area (Å²) in [4.78, 5) is 0. The van der Waals surface area contributed by atoms with Crippen LogP contribution in [0, 0.1) is 0 Å². The third kappa shape index (κ3) is 4.85. The molecule has 1 aliphatic carbocycles. The number of benzene rings is 1. The van der Waals surface area contributed by atoms with Gasteiger partial charge in [-0.3, -0.25) is 0 Å². The van der Waals surface area contributed by atoms with E-state index in [-0.39, 0.29) is 4.47 Å². The van der Waals surface area contributed by atoms with Gasteiger partial charge in [-0.25, -0.2) is 0 Å². The van der Waals surface area contributed by atoms with Crippen LogP contribution in [0.1, 0.15) is 37.7 Å². The van der Waals surface area contributed by atoms with Gasteiger partial charge in [0, 0.05) is 16.2 Å². The first kappa shape index (κ1) is 16.5. The number of anilines is 1. The second-order valence-electron chi connectivity index (χ2n) is 5.13. The highest BCUT2D eigenvalue weighted by Gasteiger charge is 2.33. The van der Waals surface area contributed by atoms with E-state index in [1.54, 1.807) is 6.07 Å². The van der Waals surface area contributed by atoms with Crippen molar-refractivity contribution in [2.75, 3.05) is 5.32 Å². The van der Waals surface area contributed by atoms with E-state index in [9.17, 15) is 13.2 Å². The van der Waals surface area contributed by atoms with Crippen LogP contribution in [0.2, 0.25) is 0 Å². The first-order valence-electron chi connectivity index (χ1n) is 6.80. The maximum absolute atomic E-state index is 12.8. The van der Waals surface area contributed by atoms with Crippen molar-refractivity contribution in [3.05, 3.63) is 28.2 Å². The highest BCUT2D eigenvalue weighted by molar-refractivity contribution is 9.10. The zero-order chi connectivity index (χ0) is 15.5. The quantitative estimate of drug-likeness (QED) is 0.698. The van der Waals surface area contributed by atoms with Crippen LogP contribution < -0.4 is 10.6 Å². The molecule has 0 bridgehead atoms. The predicted octanol–water partition coefficient (Wildman–Crippen LogP) is 5.09. The Morgan fingerprint density at radius 2 is 1.86 bits per heavy atom. The molecule has 1 fully saturated rings. The summed E-state index contributed by atoms with van der Waals surface area (Å²) in [6, 6.07) is 4.30. The van der Waals surface area contributed by atoms with Crippen molar-refractivity contribution in [2.45, 2.75) is 44.3 Å². The number of hydrogen-bond donors (Lipinski definition) is 2. The number of halogens is 4. The molecule has 0 radical (unpaired) electrons. The van der Waals surface area contributed by atoms with E-state index in [1.807, 2.05) is 0 Å². The maximum atomic E-state index is 12.8. The number of hydrogen-bond acceptors (Lipinski definition) is 1. The summed E-state index contributed by atoms with van der Waals surface area (Å²) in [6.07, 6.45) is 1.27. The van der Waals surface area contributed by atoms with Gasteiger partial charge in [-0.05, 0) is 43.3 Å². The van der Waals surface area contributed by atoms with Crippen LogP contribution in [0.5, 0.6) is 0 Å². The van der Waals surface area contributed by atoms with Crippen molar-refractivity contribution in [1.82, 2.24) is 5.32 Å². The lowest BCUT2D eigenvalue weighted by Crippen LogP contribution is -2.38. The Bertz CT molecular complexity index is 513. The summed E-state index contributed by atoms with van der Waals surface area (Å²) in [5, 5.41) is 6.37. The van der Waals surface area contributed by atoms with E-state index in [2.05, 4.69) is 26.6 Å². The Morgan fingerprint density at radius 1 is 1.19 bits per heavy atom. The monoisotopic (exact) mass is 380 g/mol. The van der Waals surface area contributed by atoms with Crippen LogP contribution in [0.15, 0.2) is 22.7 Å². The molecule has 0 amide bonds. The van der Waals surface area contributed by atoms with Crippen molar-refractivity contribution < 1.29 is 13.2 Å². The normalized spacial score (nSPS) is 16.6. The van der Waals surface area contributed by atoms with Gasteiger partial charge in [0.25, 0.3) is 0 Å². The van der Waals surface area contributed by atoms with Gasteiger partial charge in [0.2, 0.25) is 0 Å². The molecule has 0 atom stereocenters. The molecule has 1 aromatic rings. The van der Waals surface area contributed by atoms with Crippen molar-refractivity contribution >= 4 is 38.9 Å². The summed E-state index contributed by atoms with van der Waals surface area (Å²) in [5.41, 5.74) is -0.383. The van der Waals surface area contributed by atoms with Crippen LogP contribution >= 0.6 is 28.1 Å². The minimum atomic E-state index is -4.39. The van der Waals surface area contributed by atoms with Gasteiger partial charge in [-0.1, -0.05) is 35.2 Å². The molecule has 7 heteroatoms. The lowest BCUT2D eigenvalue weighted by atomic mass is 9.96. The van der Waals surface area contributed by atoms with E-state index >= 15 is 0 Å². The molecule has 0 unspecified atom stereocenters. The summed E-state index contributed by atoms with van der Waals surface area (Å²) >= 11 is 8.09. The third-order valence-electron chi connectivity index (χ3n) is 3.47. The topological polar surface area (TPSA) is 24.1 Å². The van der Waals surface area contributed by atoms with Crippen LogP contribution in [-0.4, -0.2) is 11.2 Å². The standard InChI is InChI=1S/C14H16BrF3N2S/c15-12-7-6-10(8-11(12)14(16,17)18)20-13(21)19-9-4-2-1-3-5-9/h6-9H,1-5H2,(H2,19,20,21). The summed E-state index contributed by atoms with van der Waals surface area (Å²) in [6.45, 7) is 0. The summed E-state index contributed by atoms with van der Waals surface area (Å²) in [7, 11) is 0. The molecule has 2 N–H and O–H groups in total. The lowest BCUT2D eigenvalue weighted by molar-refractivity contribution is -0.138. The second kappa shape index (κ2) is 6.96. The van der Waals surface area contributed by atoms with Crippen molar-refractivity contribution in [2.24, 2.45) is 0 Å². The Labute approximate surface area is 135 Å². The predicted molar refractivity (Wildman–Crippen MR) is 85.4 cm³/mol. The molecule has 0 saturated heterocycles. The fourth-order valence-electron chi connectivity index (χ4n) is 2.42. The van der Waals surface area contributed by atoms with Crippen LogP contribution in [0.25, 0.3) is 0 Å². The van der Waals surface area contributed by atoms with E-state index in [0.717, 1.165) is 31.7 Å². The van der Waals surface area contributed by atoms with Crippen molar-refractivity contribution in [3.8, 4) is 0 Å². The fraction of sp³-hybridized carbons (Fsp3) is 0.500. The fourth-order valence-corrected chi connectivity index (χ4v) is 3.18.